The van der Waals surface area contributed by atoms with E-state index in [1.165, 1.54) is 19.4 Å². The topological polar surface area (TPSA) is 59.9 Å². The number of hydrogen-bond acceptors (Lipinski definition) is 4. The molecule has 0 aliphatic heterocycles. The predicted molar refractivity (Wildman–Crippen MR) is 138 cm³/mol. The van der Waals surface area contributed by atoms with Crippen LogP contribution < -0.4 is 14.9 Å². The summed E-state index contributed by atoms with van der Waals surface area (Å²) in [4.78, 5) is 12.0. The average molecular weight is 569 g/mol. The van der Waals surface area contributed by atoms with Crippen LogP contribution >= 0.6 is 50.7 Å². The number of hydrogen-bond donors (Lipinski definition) is 1. The molecule has 0 radical (unpaired) electrons. The molecule has 0 unspecified atom stereocenters. The van der Waals surface area contributed by atoms with E-state index in [-0.39, 0.29) is 6.61 Å². The van der Waals surface area contributed by atoms with Crippen LogP contribution in [-0.2, 0) is 11.4 Å². The molecule has 3 aromatic rings. The summed E-state index contributed by atoms with van der Waals surface area (Å²) in [5, 5.41) is 5.48. The molecule has 0 saturated carbocycles. The standard InChI is InChI=1S/C24H18BrCl3N2O3/c1-32-22-12-16(13-29-30-23(31)9-7-17-4-2-3-5-19(17)26)10-18(25)24(22)33-14-15-6-8-20(27)21(28)11-15/h2-13H,14H2,1H3,(H,30,31)/b9-7+,29-13-. The number of halogens is 4. The highest BCUT2D eigenvalue weighted by molar-refractivity contribution is 9.10. The third-order valence-corrected chi connectivity index (χ3v) is 6.00. The molecular weight excluding hydrogens is 551 g/mol. The molecule has 0 aliphatic rings. The minimum absolute atomic E-state index is 0.271. The molecule has 3 aromatic carbocycles. The van der Waals surface area contributed by atoms with E-state index in [0.29, 0.717) is 36.6 Å². The number of benzene rings is 3. The summed E-state index contributed by atoms with van der Waals surface area (Å²) in [5.74, 6) is 0.627. The summed E-state index contributed by atoms with van der Waals surface area (Å²) in [6.45, 7) is 0.271. The second-order valence-electron chi connectivity index (χ2n) is 6.66. The SMILES string of the molecule is COc1cc(/C=N\NC(=O)/C=C/c2ccccc2Cl)cc(Br)c1OCc1ccc(Cl)c(Cl)c1. The smallest absolute Gasteiger partial charge is 0.264 e. The van der Waals surface area contributed by atoms with Crippen molar-refractivity contribution in [3.63, 3.8) is 0 Å². The lowest BCUT2D eigenvalue weighted by Gasteiger charge is -2.14. The van der Waals surface area contributed by atoms with E-state index in [2.05, 4.69) is 26.5 Å². The van der Waals surface area contributed by atoms with Crippen molar-refractivity contribution in [1.82, 2.24) is 5.43 Å². The van der Waals surface area contributed by atoms with Crippen LogP contribution in [0.25, 0.3) is 6.08 Å². The molecule has 33 heavy (non-hydrogen) atoms. The van der Waals surface area contributed by atoms with Crippen molar-refractivity contribution in [3.8, 4) is 11.5 Å². The summed E-state index contributed by atoms with van der Waals surface area (Å²) in [6.07, 6.45) is 4.47. The maximum atomic E-state index is 12.0. The van der Waals surface area contributed by atoms with Crippen molar-refractivity contribution in [1.29, 1.82) is 0 Å². The van der Waals surface area contributed by atoms with E-state index in [4.69, 9.17) is 44.3 Å². The zero-order chi connectivity index (χ0) is 23.8. The number of ether oxygens (including phenoxy) is 2. The lowest BCUT2D eigenvalue weighted by molar-refractivity contribution is -0.116. The second kappa shape index (κ2) is 12.1. The molecule has 1 N–H and O–H groups in total. The van der Waals surface area contributed by atoms with Crippen molar-refractivity contribution in [3.05, 3.63) is 96.9 Å². The molecule has 0 fully saturated rings. The summed E-state index contributed by atoms with van der Waals surface area (Å²) in [6, 6.07) is 16.0. The number of hydrazone groups is 1. The number of nitrogens with zero attached hydrogens (tertiary/aromatic N) is 1. The molecule has 0 aliphatic carbocycles. The van der Waals surface area contributed by atoms with Gasteiger partial charge in [-0.15, -0.1) is 0 Å². The van der Waals surface area contributed by atoms with Gasteiger partial charge in [0.1, 0.15) is 6.61 Å². The van der Waals surface area contributed by atoms with Crippen molar-refractivity contribution in [2.45, 2.75) is 6.61 Å². The van der Waals surface area contributed by atoms with Gasteiger partial charge < -0.3 is 9.47 Å². The van der Waals surface area contributed by atoms with Crippen LogP contribution in [0.1, 0.15) is 16.7 Å². The lowest BCUT2D eigenvalue weighted by atomic mass is 10.2. The summed E-state index contributed by atoms with van der Waals surface area (Å²) in [7, 11) is 1.54. The highest BCUT2D eigenvalue weighted by Gasteiger charge is 2.12. The fourth-order valence-electron chi connectivity index (χ4n) is 2.72. The third-order valence-electron chi connectivity index (χ3n) is 4.33. The molecule has 3 rings (SSSR count). The van der Waals surface area contributed by atoms with Gasteiger partial charge in [0.05, 0.1) is 27.8 Å². The summed E-state index contributed by atoms with van der Waals surface area (Å²) >= 11 is 21.6. The van der Waals surface area contributed by atoms with Crippen LogP contribution in [-0.4, -0.2) is 19.2 Å². The normalized spacial score (nSPS) is 11.2. The van der Waals surface area contributed by atoms with Crippen LogP contribution in [0.2, 0.25) is 15.1 Å². The van der Waals surface area contributed by atoms with E-state index >= 15 is 0 Å². The minimum Gasteiger partial charge on any atom is -0.493 e. The number of methoxy groups -OCH3 is 1. The number of carbonyl (C=O) groups is 1. The number of carbonyl (C=O) groups excluding carboxylic acids is 1. The van der Waals surface area contributed by atoms with Crippen LogP contribution in [0.3, 0.4) is 0 Å². The first-order valence-electron chi connectivity index (χ1n) is 9.57. The minimum atomic E-state index is -0.390. The highest BCUT2D eigenvalue weighted by Crippen LogP contribution is 2.37. The lowest BCUT2D eigenvalue weighted by Crippen LogP contribution is -2.14. The second-order valence-corrected chi connectivity index (χ2v) is 8.74. The van der Waals surface area contributed by atoms with Gasteiger partial charge in [-0.25, -0.2) is 5.43 Å². The maximum absolute atomic E-state index is 12.0. The molecule has 0 atom stereocenters. The van der Waals surface area contributed by atoms with Gasteiger partial charge in [-0.3, -0.25) is 4.79 Å². The fourth-order valence-corrected chi connectivity index (χ4v) is 3.82. The first kappa shape index (κ1) is 25.1. The Bertz CT molecular complexity index is 1220. The van der Waals surface area contributed by atoms with Gasteiger partial charge in [-0.2, -0.15) is 5.10 Å². The molecule has 0 aromatic heterocycles. The Morgan fingerprint density at radius 1 is 1.06 bits per heavy atom. The van der Waals surface area contributed by atoms with E-state index in [9.17, 15) is 4.79 Å². The van der Waals surface area contributed by atoms with Crippen molar-refractivity contribution >= 4 is 68.9 Å². The van der Waals surface area contributed by atoms with E-state index < -0.39 is 5.91 Å². The maximum Gasteiger partial charge on any atom is 0.264 e. The van der Waals surface area contributed by atoms with Gasteiger partial charge in [-0.05, 0) is 69.0 Å². The van der Waals surface area contributed by atoms with Gasteiger partial charge in [0.15, 0.2) is 11.5 Å². The Morgan fingerprint density at radius 3 is 2.58 bits per heavy atom. The first-order valence-corrected chi connectivity index (χ1v) is 11.5. The van der Waals surface area contributed by atoms with E-state index in [1.54, 1.807) is 36.4 Å². The molecule has 0 saturated heterocycles. The van der Waals surface area contributed by atoms with Crippen molar-refractivity contribution in [2.24, 2.45) is 5.10 Å². The molecule has 0 bridgehead atoms. The van der Waals surface area contributed by atoms with Crippen LogP contribution in [0, 0.1) is 0 Å². The third kappa shape index (κ3) is 7.24. The van der Waals surface area contributed by atoms with Crippen LogP contribution in [0.5, 0.6) is 11.5 Å². The number of amides is 1. The Labute approximate surface area is 215 Å². The molecule has 0 spiro atoms. The molecular formula is C24H18BrCl3N2O3. The highest BCUT2D eigenvalue weighted by atomic mass is 79.9. The first-order chi connectivity index (χ1) is 15.9. The van der Waals surface area contributed by atoms with Gasteiger partial charge in [0.2, 0.25) is 0 Å². The molecule has 170 valence electrons. The van der Waals surface area contributed by atoms with Crippen molar-refractivity contribution in [2.75, 3.05) is 7.11 Å². The molecule has 0 heterocycles. The Kier molecular flexibility index (Phi) is 9.21. The summed E-state index contributed by atoms with van der Waals surface area (Å²) < 4.78 is 12.0. The van der Waals surface area contributed by atoms with Gasteiger partial charge in [-0.1, -0.05) is 59.1 Å². The van der Waals surface area contributed by atoms with Crippen LogP contribution in [0.4, 0.5) is 0 Å². The zero-order valence-corrected chi connectivity index (χ0v) is 21.2. The Balaban J connectivity index is 1.64. The monoisotopic (exact) mass is 566 g/mol. The van der Waals surface area contributed by atoms with Crippen LogP contribution in [0.15, 0.2) is 70.2 Å². The van der Waals surface area contributed by atoms with Gasteiger partial charge in [0, 0.05) is 11.1 Å². The fraction of sp³-hybridized carbons (Fsp3) is 0.0833. The molecule has 5 nitrogen and oxygen atoms in total. The number of nitrogens with one attached hydrogen (secondary N) is 1. The van der Waals surface area contributed by atoms with Crippen molar-refractivity contribution < 1.29 is 14.3 Å². The quantitative estimate of drug-likeness (QED) is 0.178. The summed E-state index contributed by atoms with van der Waals surface area (Å²) in [5.41, 5.74) is 4.73. The predicted octanol–water partition coefficient (Wildman–Crippen LogP) is 7.16. The zero-order valence-electron chi connectivity index (χ0n) is 17.3. The Hall–Kier alpha value is -2.51. The molecule has 9 heteroatoms. The molecule has 1 amide bonds. The van der Waals surface area contributed by atoms with E-state index in [1.807, 2.05) is 24.3 Å². The largest absolute Gasteiger partial charge is 0.493 e. The van der Waals surface area contributed by atoms with Gasteiger partial charge in [0.25, 0.3) is 5.91 Å². The number of rotatable bonds is 8. The van der Waals surface area contributed by atoms with Gasteiger partial charge >= 0.3 is 0 Å². The van der Waals surface area contributed by atoms with E-state index in [0.717, 1.165) is 11.1 Å². The Morgan fingerprint density at radius 2 is 1.85 bits per heavy atom. The average Bonchev–Trinajstić information content (AvgIpc) is 2.79.